The van der Waals surface area contributed by atoms with Gasteiger partial charge in [-0.3, -0.25) is 10.3 Å². The Morgan fingerprint density at radius 1 is 1.17 bits per heavy atom. The van der Waals surface area contributed by atoms with Crippen LogP contribution in [0, 0.1) is 0 Å². The standard InChI is InChI=1S/C16H17N3O4/c20-16(23-11-12-4-2-1-3-5-12)19-14-10-17-13(9-18-14)8-15-21-6-7-22-15/h1-5,9-10,15H,6-8,11H2,(H,18,19,20). The van der Waals surface area contributed by atoms with Crippen molar-refractivity contribution in [3.63, 3.8) is 0 Å². The molecule has 0 atom stereocenters. The minimum atomic E-state index is -0.571. The van der Waals surface area contributed by atoms with Gasteiger partial charge in [0.2, 0.25) is 0 Å². The molecule has 1 amide bonds. The Morgan fingerprint density at radius 3 is 2.65 bits per heavy atom. The van der Waals surface area contributed by atoms with E-state index >= 15 is 0 Å². The minimum absolute atomic E-state index is 0.203. The average molecular weight is 315 g/mol. The summed E-state index contributed by atoms with van der Waals surface area (Å²) >= 11 is 0. The zero-order valence-electron chi connectivity index (χ0n) is 12.5. The highest BCUT2D eigenvalue weighted by Gasteiger charge is 2.17. The molecule has 1 fully saturated rings. The quantitative estimate of drug-likeness (QED) is 0.910. The van der Waals surface area contributed by atoms with Crippen molar-refractivity contribution in [1.29, 1.82) is 0 Å². The number of carbonyl (C=O) groups is 1. The van der Waals surface area contributed by atoms with Gasteiger partial charge in [-0.1, -0.05) is 30.3 Å². The fraction of sp³-hybridized carbons (Fsp3) is 0.312. The molecule has 1 saturated heterocycles. The molecule has 3 rings (SSSR count). The lowest BCUT2D eigenvalue weighted by Gasteiger charge is -2.09. The fourth-order valence-electron chi connectivity index (χ4n) is 2.08. The zero-order chi connectivity index (χ0) is 15.9. The van der Waals surface area contributed by atoms with Crippen LogP contribution in [-0.2, 0) is 27.2 Å². The van der Waals surface area contributed by atoms with Crippen LogP contribution in [-0.4, -0.2) is 35.6 Å². The van der Waals surface area contributed by atoms with E-state index < -0.39 is 6.09 Å². The van der Waals surface area contributed by atoms with E-state index in [2.05, 4.69) is 15.3 Å². The highest BCUT2D eigenvalue weighted by Crippen LogP contribution is 2.10. The Labute approximate surface area is 133 Å². The monoisotopic (exact) mass is 315 g/mol. The lowest BCUT2D eigenvalue weighted by atomic mass is 10.2. The fourth-order valence-corrected chi connectivity index (χ4v) is 2.08. The first-order chi connectivity index (χ1) is 11.3. The first-order valence-corrected chi connectivity index (χ1v) is 7.31. The average Bonchev–Trinajstić information content (AvgIpc) is 3.09. The zero-order valence-corrected chi connectivity index (χ0v) is 12.5. The number of rotatable bonds is 5. The smallest absolute Gasteiger partial charge is 0.413 e. The molecule has 0 spiro atoms. The van der Waals surface area contributed by atoms with Crippen molar-refractivity contribution in [2.24, 2.45) is 0 Å². The molecule has 0 aliphatic carbocycles. The Kier molecular flexibility index (Phi) is 5.13. The van der Waals surface area contributed by atoms with Gasteiger partial charge in [0, 0.05) is 6.42 Å². The summed E-state index contributed by atoms with van der Waals surface area (Å²) < 4.78 is 15.8. The van der Waals surface area contributed by atoms with E-state index in [0.29, 0.717) is 25.5 Å². The van der Waals surface area contributed by atoms with Crippen molar-refractivity contribution >= 4 is 11.9 Å². The molecule has 120 valence electrons. The number of amides is 1. The highest BCUT2D eigenvalue weighted by atomic mass is 16.7. The van der Waals surface area contributed by atoms with Gasteiger partial charge in [-0.05, 0) is 5.56 Å². The second kappa shape index (κ2) is 7.66. The number of nitrogens with one attached hydrogen (secondary N) is 1. The van der Waals surface area contributed by atoms with Gasteiger partial charge in [0.15, 0.2) is 12.1 Å². The molecular weight excluding hydrogens is 298 g/mol. The van der Waals surface area contributed by atoms with Gasteiger partial charge >= 0.3 is 6.09 Å². The van der Waals surface area contributed by atoms with Gasteiger partial charge in [-0.15, -0.1) is 0 Å². The van der Waals surface area contributed by atoms with Crippen molar-refractivity contribution in [2.45, 2.75) is 19.3 Å². The summed E-state index contributed by atoms with van der Waals surface area (Å²) in [5.74, 6) is 0.333. The molecule has 1 aliphatic heterocycles. The topological polar surface area (TPSA) is 82.6 Å². The van der Waals surface area contributed by atoms with Crippen molar-refractivity contribution in [1.82, 2.24) is 9.97 Å². The van der Waals surface area contributed by atoms with Gasteiger partial charge in [0.25, 0.3) is 0 Å². The normalized spacial score (nSPS) is 14.6. The predicted molar refractivity (Wildman–Crippen MR) is 81.7 cm³/mol. The van der Waals surface area contributed by atoms with E-state index in [9.17, 15) is 4.79 Å². The van der Waals surface area contributed by atoms with Crippen LogP contribution in [0.5, 0.6) is 0 Å². The van der Waals surface area contributed by atoms with E-state index in [-0.39, 0.29) is 12.9 Å². The molecule has 0 radical (unpaired) electrons. The summed E-state index contributed by atoms with van der Waals surface area (Å²) in [6, 6.07) is 9.45. The third kappa shape index (κ3) is 4.73. The molecule has 0 bridgehead atoms. The molecule has 7 heteroatoms. The number of hydrogen-bond donors (Lipinski definition) is 1. The third-order valence-corrected chi connectivity index (χ3v) is 3.21. The summed E-state index contributed by atoms with van der Waals surface area (Å²) in [5.41, 5.74) is 1.65. The van der Waals surface area contributed by atoms with Crippen LogP contribution < -0.4 is 5.32 Å². The summed E-state index contributed by atoms with van der Waals surface area (Å²) in [5, 5.41) is 2.54. The van der Waals surface area contributed by atoms with Crippen LogP contribution in [0.4, 0.5) is 10.6 Å². The van der Waals surface area contributed by atoms with Crippen LogP contribution >= 0.6 is 0 Å². The lowest BCUT2D eigenvalue weighted by Crippen LogP contribution is -2.16. The van der Waals surface area contributed by atoms with E-state index in [4.69, 9.17) is 14.2 Å². The van der Waals surface area contributed by atoms with Crippen LogP contribution in [0.1, 0.15) is 11.3 Å². The molecule has 23 heavy (non-hydrogen) atoms. The number of carbonyl (C=O) groups excluding carboxylic acids is 1. The first kappa shape index (κ1) is 15.4. The number of hydrogen-bond acceptors (Lipinski definition) is 6. The van der Waals surface area contributed by atoms with E-state index in [1.165, 1.54) is 6.20 Å². The third-order valence-electron chi connectivity index (χ3n) is 3.21. The summed E-state index contributed by atoms with van der Waals surface area (Å²) in [6.45, 7) is 1.41. The van der Waals surface area contributed by atoms with Gasteiger partial charge < -0.3 is 14.2 Å². The number of anilines is 1. The van der Waals surface area contributed by atoms with Crippen LogP contribution in [0.15, 0.2) is 42.7 Å². The maximum absolute atomic E-state index is 11.7. The Balaban J connectivity index is 1.46. The largest absolute Gasteiger partial charge is 0.444 e. The molecular formula is C16H17N3O4. The van der Waals surface area contributed by atoms with Crippen molar-refractivity contribution < 1.29 is 19.0 Å². The molecule has 0 unspecified atom stereocenters. The van der Waals surface area contributed by atoms with Gasteiger partial charge in [0.05, 0.1) is 31.3 Å². The number of nitrogens with zero attached hydrogens (tertiary/aromatic N) is 2. The Bertz CT molecular complexity index is 628. The molecule has 7 nitrogen and oxygen atoms in total. The van der Waals surface area contributed by atoms with Crippen LogP contribution in [0.25, 0.3) is 0 Å². The molecule has 1 aromatic carbocycles. The van der Waals surface area contributed by atoms with Gasteiger partial charge in [-0.25, -0.2) is 9.78 Å². The van der Waals surface area contributed by atoms with Crippen molar-refractivity contribution in [3.8, 4) is 0 Å². The van der Waals surface area contributed by atoms with Crippen LogP contribution in [0.3, 0.4) is 0 Å². The second-order valence-electron chi connectivity index (χ2n) is 4.95. The lowest BCUT2D eigenvalue weighted by molar-refractivity contribution is -0.0406. The maximum Gasteiger partial charge on any atom is 0.413 e. The Hall–Kier alpha value is -2.51. The van der Waals surface area contributed by atoms with E-state index in [1.807, 2.05) is 30.3 Å². The number of aromatic nitrogens is 2. The van der Waals surface area contributed by atoms with E-state index in [0.717, 1.165) is 11.3 Å². The second-order valence-corrected chi connectivity index (χ2v) is 4.95. The van der Waals surface area contributed by atoms with Gasteiger partial charge in [0.1, 0.15) is 6.61 Å². The van der Waals surface area contributed by atoms with Crippen LogP contribution in [0.2, 0.25) is 0 Å². The number of benzene rings is 1. The molecule has 2 heterocycles. The van der Waals surface area contributed by atoms with Gasteiger partial charge in [-0.2, -0.15) is 0 Å². The summed E-state index contributed by atoms with van der Waals surface area (Å²) in [6.07, 6.45) is 2.76. The number of ether oxygens (including phenoxy) is 3. The highest BCUT2D eigenvalue weighted by molar-refractivity contribution is 5.82. The SMILES string of the molecule is O=C(Nc1cnc(CC2OCCO2)cn1)OCc1ccccc1. The summed E-state index contributed by atoms with van der Waals surface area (Å²) in [7, 11) is 0. The Morgan fingerprint density at radius 2 is 1.96 bits per heavy atom. The molecule has 1 N–H and O–H groups in total. The van der Waals surface area contributed by atoms with Crippen molar-refractivity contribution in [2.75, 3.05) is 18.5 Å². The minimum Gasteiger partial charge on any atom is -0.444 e. The molecule has 1 aliphatic rings. The molecule has 2 aromatic rings. The maximum atomic E-state index is 11.7. The molecule has 0 saturated carbocycles. The first-order valence-electron chi connectivity index (χ1n) is 7.31. The summed E-state index contributed by atoms with van der Waals surface area (Å²) in [4.78, 5) is 20.1. The van der Waals surface area contributed by atoms with E-state index in [1.54, 1.807) is 6.20 Å². The predicted octanol–water partition coefficient (Wildman–Crippen LogP) is 2.14. The van der Waals surface area contributed by atoms with Crippen molar-refractivity contribution in [3.05, 3.63) is 54.0 Å². The molecule has 1 aromatic heterocycles.